The molecule has 0 radical (unpaired) electrons. The zero-order valence-electron chi connectivity index (χ0n) is 14.1. The summed E-state index contributed by atoms with van der Waals surface area (Å²) in [6, 6.07) is 12.8. The summed E-state index contributed by atoms with van der Waals surface area (Å²) in [5.74, 6) is -0.236. The molecule has 1 heterocycles. The van der Waals surface area contributed by atoms with Gasteiger partial charge in [0.25, 0.3) is 5.91 Å². The summed E-state index contributed by atoms with van der Waals surface area (Å²) in [6.07, 6.45) is 0. The van der Waals surface area contributed by atoms with Gasteiger partial charge < -0.3 is 14.9 Å². The van der Waals surface area contributed by atoms with Crippen molar-refractivity contribution in [2.75, 3.05) is 0 Å². The third-order valence-electron chi connectivity index (χ3n) is 4.25. The lowest BCUT2D eigenvalue weighted by molar-refractivity contribution is 0.0951. The first-order valence-corrected chi connectivity index (χ1v) is 8.11. The lowest BCUT2D eigenvalue weighted by Crippen LogP contribution is -2.36. The van der Waals surface area contributed by atoms with E-state index < -0.39 is 11.1 Å². The maximum atomic E-state index is 12.4. The van der Waals surface area contributed by atoms with Gasteiger partial charge in [0.15, 0.2) is 0 Å². The highest BCUT2D eigenvalue weighted by Crippen LogP contribution is 2.12. The molecule has 128 valence electrons. The van der Waals surface area contributed by atoms with Crippen LogP contribution in [0, 0.1) is 6.92 Å². The van der Waals surface area contributed by atoms with Crippen LogP contribution in [0.15, 0.2) is 52.1 Å². The van der Waals surface area contributed by atoms with E-state index in [2.05, 4.69) is 10.3 Å². The summed E-state index contributed by atoms with van der Waals surface area (Å²) >= 11 is 0. The topological polar surface area (TPSA) is 84.0 Å². The minimum atomic E-state index is -0.688. The van der Waals surface area contributed by atoms with E-state index in [0.29, 0.717) is 29.7 Å². The van der Waals surface area contributed by atoms with Crippen molar-refractivity contribution >= 4 is 16.9 Å². The second-order valence-corrected chi connectivity index (χ2v) is 5.84. The molecule has 3 rings (SSSR count). The van der Waals surface area contributed by atoms with Gasteiger partial charge in [-0.15, -0.1) is 0 Å². The molecule has 0 aliphatic heterocycles. The second kappa shape index (κ2) is 6.76. The van der Waals surface area contributed by atoms with Gasteiger partial charge in [-0.05, 0) is 43.2 Å². The molecule has 0 atom stereocenters. The zero-order valence-corrected chi connectivity index (χ0v) is 14.1. The minimum Gasteiger partial charge on any atom is -0.348 e. The molecule has 0 aliphatic carbocycles. The van der Waals surface area contributed by atoms with E-state index in [9.17, 15) is 14.4 Å². The Hall–Kier alpha value is -3.15. The van der Waals surface area contributed by atoms with Crippen LogP contribution in [-0.4, -0.2) is 15.5 Å². The van der Waals surface area contributed by atoms with E-state index in [-0.39, 0.29) is 5.91 Å². The van der Waals surface area contributed by atoms with Gasteiger partial charge in [-0.3, -0.25) is 14.4 Å². The summed E-state index contributed by atoms with van der Waals surface area (Å²) in [6.45, 7) is 4.60. The predicted molar refractivity (Wildman–Crippen MR) is 96.9 cm³/mol. The number of amides is 1. The highest BCUT2D eigenvalue weighted by atomic mass is 16.2. The van der Waals surface area contributed by atoms with Crippen molar-refractivity contribution in [3.8, 4) is 0 Å². The summed E-state index contributed by atoms with van der Waals surface area (Å²) < 4.78 is 1.39. The first-order valence-electron chi connectivity index (χ1n) is 8.11. The third-order valence-corrected chi connectivity index (χ3v) is 4.25. The third kappa shape index (κ3) is 3.24. The molecule has 1 aromatic heterocycles. The van der Waals surface area contributed by atoms with Crippen LogP contribution in [-0.2, 0) is 13.1 Å². The lowest BCUT2D eigenvalue weighted by Gasteiger charge is -2.10. The van der Waals surface area contributed by atoms with E-state index in [4.69, 9.17) is 0 Å². The van der Waals surface area contributed by atoms with Gasteiger partial charge in [-0.1, -0.05) is 24.3 Å². The number of rotatable bonds is 4. The number of fused-ring (bicyclic) bond motifs is 1. The number of nitrogens with one attached hydrogen (secondary N) is 2. The van der Waals surface area contributed by atoms with Gasteiger partial charge in [-0.2, -0.15) is 0 Å². The Bertz CT molecular complexity index is 1060. The van der Waals surface area contributed by atoms with Crippen LogP contribution in [0.2, 0.25) is 0 Å². The highest BCUT2D eigenvalue weighted by Gasteiger charge is 2.11. The van der Waals surface area contributed by atoms with Crippen molar-refractivity contribution in [3.63, 3.8) is 0 Å². The molecule has 3 aromatic rings. The van der Waals surface area contributed by atoms with Crippen LogP contribution in [0.5, 0.6) is 0 Å². The molecule has 0 saturated heterocycles. The minimum absolute atomic E-state index is 0.236. The molecule has 1 amide bonds. The number of aromatic nitrogens is 2. The molecule has 2 N–H and O–H groups in total. The molecule has 0 saturated carbocycles. The molecular weight excluding hydrogens is 318 g/mol. The first-order chi connectivity index (χ1) is 12.0. The number of H-pyrrole nitrogens is 1. The number of carbonyl (C=O) groups excluding carboxylic acids is 1. The van der Waals surface area contributed by atoms with E-state index in [1.165, 1.54) is 4.57 Å². The molecular formula is C19H19N3O3. The van der Waals surface area contributed by atoms with Gasteiger partial charge in [0.1, 0.15) is 0 Å². The lowest BCUT2D eigenvalue weighted by atomic mass is 10.1. The van der Waals surface area contributed by atoms with E-state index in [0.717, 1.165) is 11.1 Å². The van der Waals surface area contributed by atoms with Crippen molar-refractivity contribution < 1.29 is 4.79 Å². The van der Waals surface area contributed by atoms with Crippen molar-refractivity contribution in [3.05, 3.63) is 79.9 Å². The fourth-order valence-corrected chi connectivity index (χ4v) is 2.82. The molecule has 0 fully saturated rings. The SMILES string of the molecule is CCn1c(=O)c(=O)[nH]c2cc(C(=O)NCc3ccccc3C)ccc21. The molecule has 0 unspecified atom stereocenters. The largest absolute Gasteiger partial charge is 0.348 e. The number of aryl methyl sites for hydroxylation is 2. The molecule has 25 heavy (non-hydrogen) atoms. The average molecular weight is 337 g/mol. The number of hydrogen-bond donors (Lipinski definition) is 2. The van der Waals surface area contributed by atoms with Crippen molar-refractivity contribution in [2.24, 2.45) is 0 Å². The number of nitrogens with zero attached hydrogens (tertiary/aromatic N) is 1. The van der Waals surface area contributed by atoms with Crippen LogP contribution < -0.4 is 16.4 Å². The van der Waals surface area contributed by atoms with Gasteiger partial charge in [0, 0.05) is 18.7 Å². The molecule has 0 bridgehead atoms. The highest BCUT2D eigenvalue weighted by molar-refractivity contribution is 5.97. The van der Waals surface area contributed by atoms with Crippen molar-refractivity contribution in [1.82, 2.24) is 14.9 Å². The fraction of sp³-hybridized carbons (Fsp3) is 0.211. The number of carbonyl (C=O) groups is 1. The Morgan fingerprint density at radius 1 is 1.16 bits per heavy atom. The van der Waals surface area contributed by atoms with Crippen LogP contribution in [0.25, 0.3) is 11.0 Å². The van der Waals surface area contributed by atoms with E-state index in [1.807, 2.05) is 31.2 Å². The van der Waals surface area contributed by atoms with Gasteiger partial charge in [0.2, 0.25) is 0 Å². The van der Waals surface area contributed by atoms with E-state index >= 15 is 0 Å². The number of aromatic amines is 1. The van der Waals surface area contributed by atoms with Crippen LogP contribution in [0.3, 0.4) is 0 Å². The Kier molecular flexibility index (Phi) is 4.52. The number of hydrogen-bond acceptors (Lipinski definition) is 3. The average Bonchev–Trinajstić information content (AvgIpc) is 2.61. The van der Waals surface area contributed by atoms with Gasteiger partial charge in [0.05, 0.1) is 11.0 Å². The normalized spacial score (nSPS) is 10.8. The molecule has 6 nitrogen and oxygen atoms in total. The molecule has 6 heteroatoms. The van der Waals surface area contributed by atoms with Gasteiger partial charge in [-0.25, -0.2) is 0 Å². The Morgan fingerprint density at radius 3 is 2.64 bits per heavy atom. The van der Waals surface area contributed by atoms with Crippen LogP contribution in [0.4, 0.5) is 0 Å². The Labute approximate surface area is 144 Å². The maximum absolute atomic E-state index is 12.4. The standard InChI is InChI=1S/C19H19N3O3/c1-3-22-16-9-8-13(10-15(16)21-18(24)19(22)25)17(23)20-11-14-7-5-4-6-12(14)2/h4-10H,3,11H2,1-2H3,(H,20,23)(H,21,24). The van der Waals surface area contributed by atoms with Crippen molar-refractivity contribution in [2.45, 2.75) is 26.9 Å². The summed E-state index contributed by atoms with van der Waals surface area (Å²) in [7, 11) is 0. The van der Waals surface area contributed by atoms with Crippen LogP contribution >= 0.6 is 0 Å². The van der Waals surface area contributed by atoms with Crippen LogP contribution in [0.1, 0.15) is 28.4 Å². The molecule has 2 aromatic carbocycles. The fourth-order valence-electron chi connectivity index (χ4n) is 2.82. The smallest absolute Gasteiger partial charge is 0.316 e. The molecule has 0 spiro atoms. The van der Waals surface area contributed by atoms with Crippen molar-refractivity contribution in [1.29, 1.82) is 0 Å². The molecule has 0 aliphatic rings. The Morgan fingerprint density at radius 2 is 1.92 bits per heavy atom. The monoisotopic (exact) mass is 337 g/mol. The zero-order chi connectivity index (χ0) is 18.0. The quantitative estimate of drug-likeness (QED) is 0.714. The summed E-state index contributed by atoms with van der Waals surface area (Å²) in [4.78, 5) is 38.6. The summed E-state index contributed by atoms with van der Waals surface area (Å²) in [5.41, 5.74) is 2.37. The summed E-state index contributed by atoms with van der Waals surface area (Å²) in [5, 5.41) is 2.88. The predicted octanol–water partition coefficient (Wildman–Crippen LogP) is 1.95. The van der Waals surface area contributed by atoms with Gasteiger partial charge >= 0.3 is 11.1 Å². The number of benzene rings is 2. The first kappa shape index (κ1) is 16.7. The van der Waals surface area contributed by atoms with E-state index in [1.54, 1.807) is 25.1 Å². The maximum Gasteiger partial charge on any atom is 0.316 e. The second-order valence-electron chi connectivity index (χ2n) is 5.84. The Balaban J connectivity index is 1.90.